The van der Waals surface area contributed by atoms with Crippen LogP contribution in [0.15, 0.2) is 0 Å². The van der Waals surface area contributed by atoms with Gasteiger partial charge in [-0.2, -0.15) is 0 Å². The molecule has 0 saturated carbocycles. The minimum absolute atomic E-state index is 0.0945. The Morgan fingerprint density at radius 3 is 2.67 bits per heavy atom. The van der Waals surface area contributed by atoms with Crippen molar-refractivity contribution in [3.05, 3.63) is 0 Å². The van der Waals surface area contributed by atoms with Crippen LogP contribution in [-0.2, 0) is 9.53 Å². The second-order valence-corrected chi connectivity index (χ2v) is 7.28. The summed E-state index contributed by atoms with van der Waals surface area (Å²) in [5.74, 6) is 0.0945. The fourth-order valence-corrected chi connectivity index (χ4v) is 3.51. The highest BCUT2D eigenvalue weighted by atomic mass is 16.6. The molecule has 3 unspecified atom stereocenters. The van der Waals surface area contributed by atoms with Crippen LogP contribution < -0.4 is 5.32 Å². The van der Waals surface area contributed by atoms with Gasteiger partial charge in [-0.15, -0.1) is 0 Å². The van der Waals surface area contributed by atoms with E-state index in [1.54, 1.807) is 4.90 Å². The largest absolute Gasteiger partial charge is 0.444 e. The third kappa shape index (κ3) is 2.73. The van der Waals surface area contributed by atoms with Crippen LogP contribution in [0.3, 0.4) is 0 Å². The SMILES string of the molecule is CC(C)(C)OC(=O)N1C2CC1C(=O)N(C1CCCNC1)C2. The van der Waals surface area contributed by atoms with Crippen LogP contribution in [0.25, 0.3) is 0 Å². The maximum atomic E-state index is 12.6. The Bertz CT molecular complexity index is 440. The van der Waals surface area contributed by atoms with E-state index >= 15 is 0 Å². The summed E-state index contributed by atoms with van der Waals surface area (Å²) in [6.07, 6.45) is 2.61. The van der Waals surface area contributed by atoms with E-state index in [1.807, 2.05) is 25.7 Å². The number of piperidine rings is 2. The van der Waals surface area contributed by atoms with E-state index in [-0.39, 0.29) is 30.1 Å². The van der Waals surface area contributed by atoms with Gasteiger partial charge in [-0.25, -0.2) is 4.79 Å². The predicted molar refractivity (Wildman–Crippen MR) is 77.9 cm³/mol. The van der Waals surface area contributed by atoms with Gasteiger partial charge in [0.1, 0.15) is 11.6 Å². The van der Waals surface area contributed by atoms with E-state index in [1.165, 1.54) is 0 Å². The molecule has 6 nitrogen and oxygen atoms in total. The zero-order chi connectivity index (χ0) is 15.2. The molecule has 4 rings (SSSR count). The van der Waals surface area contributed by atoms with E-state index in [2.05, 4.69) is 5.32 Å². The molecule has 0 aromatic rings. The summed E-state index contributed by atoms with van der Waals surface area (Å²) in [4.78, 5) is 28.4. The highest BCUT2D eigenvalue weighted by Crippen LogP contribution is 2.36. The van der Waals surface area contributed by atoms with Gasteiger partial charge in [0.15, 0.2) is 0 Å². The molecule has 4 fully saturated rings. The van der Waals surface area contributed by atoms with Crippen molar-refractivity contribution in [2.45, 2.75) is 63.8 Å². The molecule has 2 amide bonds. The van der Waals surface area contributed by atoms with E-state index in [4.69, 9.17) is 4.74 Å². The number of hydrogen-bond donors (Lipinski definition) is 1. The lowest BCUT2D eigenvalue weighted by atomic mass is 9.85. The summed E-state index contributed by atoms with van der Waals surface area (Å²) < 4.78 is 5.41. The number of rotatable bonds is 1. The zero-order valence-electron chi connectivity index (χ0n) is 13.1. The first-order chi connectivity index (χ1) is 9.87. The number of hydrogen-bond acceptors (Lipinski definition) is 4. The topological polar surface area (TPSA) is 61.9 Å². The molecule has 0 aliphatic carbocycles. The third-order valence-corrected chi connectivity index (χ3v) is 4.52. The van der Waals surface area contributed by atoms with Gasteiger partial charge >= 0.3 is 6.09 Å². The van der Waals surface area contributed by atoms with Gasteiger partial charge < -0.3 is 15.0 Å². The average molecular weight is 295 g/mol. The normalized spacial score (nSPS) is 32.7. The minimum Gasteiger partial charge on any atom is -0.444 e. The van der Waals surface area contributed by atoms with Crippen LogP contribution >= 0.6 is 0 Å². The second kappa shape index (κ2) is 5.16. The molecular weight excluding hydrogens is 270 g/mol. The van der Waals surface area contributed by atoms with E-state index in [0.29, 0.717) is 6.54 Å². The van der Waals surface area contributed by atoms with Crippen molar-refractivity contribution in [2.75, 3.05) is 19.6 Å². The minimum atomic E-state index is -0.517. The fraction of sp³-hybridized carbons (Fsp3) is 0.867. The number of nitrogens with one attached hydrogen (secondary N) is 1. The van der Waals surface area contributed by atoms with Gasteiger partial charge in [0, 0.05) is 19.1 Å². The lowest BCUT2D eigenvalue weighted by Gasteiger charge is -2.56. The van der Waals surface area contributed by atoms with Crippen molar-refractivity contribution >= 4 is 12.0 Å². The average Bonchev–Trinajstić information content (AvgIpc) is 2.36. The molecule has 4 heterocycles. The Balaban J connectivity index is 1.64. The van der Waals surface area contributed by atoms with Gasteiger partial charge in [-0.1, -0.05) is 0 Å². The molecule has 4 aliphatic heterocycles. The maximum absolute atomic E-state index is 12.6. The van der Waals surface area contributed by atoms with Crippen molar-refractivity contribution in [3.63, 3.8) is 0 Å². The van der Waals surface area contributed by atoms with Crippen LogP contribution in [0.2, 0.25) is 0 Å². The Morgan fingerprint density at radius 1 is 1.33 bits per heavy atom. The Hall–Kier alpha value is -1.30. The summed E-state index contributed by atoms with van der Waals surface area (Å²) in [6.45, 7) is 8.11. The van der Waals surface area contributed by atoms with Crippen molar-refractivity contribution in [1.82, 2.24) is 15.1 Å². The van der Waals surface area contributed by atoms with Crippen LogP contribution in [0.4, 0.5) is 4.79 Å². The highest BCUT2D eigenvalue weighted by molar-refractivity contribution is 5.90. The van der Waals surface area contributed by atoms with Gasteiger partial charge in [0.05, 0.1) is 6.04 Å². The number of ether oxygens (including phenoxy) is 1. The molecule has 1 N–H and O–H groups in total. The van der Waals surface area contributed by atoms with Crippen molar-refractivity contribution in [1.29, 1.82) is 0 Å². The Labute approximate surface area is 125 Å². The van der Waals surface area contributed by atoms with Crippen molar-refractivity contribution in [2.24, 2.45) is 0 Å². The molecule has 0 spiro atoms. The molecule has 118 valence electrons. The summed E-state index contributed by atoms with van der Waals surface area (Å²) in [5.41, 5.74) is -0.517. The fourth-order valence-electron chi connectivity index (χ4n) is 3.51. The molecule has 0 aromatic heterocycles. The molecule has 0 aromatic carbocycles. The number of nitrogens with zero attached hydrogens (tertiary/aromatic N) is 2. The van der Waals surface area contributed by atoms with Crippen LogP contribution in [0, 0.1) is 0 Å². The molecule has 2 bridgehead atoms. The monoisotopic (exact) mass is 295 g/mol. The number of fused-ring (bicyclic) bond motifs is 2. The highest BCUT2D eigenvalue weighted by Gasteiger charge is 2.54. The Kier molecular flexibility index (Phi) is 3.59. The van der Waals surface area contributed by atoms with Crippen molar-refractivity contribution in [3.8, 4) is 0 Å². The lowest BCUT2D eigenvalue weighted by molar-refractivity contribution is -0.161. The van der Waals surface area contributed by atoms with Crippen LogP contribution in [0.1, 0.15) is 40.0 Å². The number of piperazine rings is 1. The maximum Gasteiger partial charge on any atom is 0.411 e. The van der Waals surface area contributed by atoms with Crippen LogP contribution in [0.5, 0.6) is 0 Å². The molecule has 4 saturated heterocycles. The van der Waals surface area contributed by atoms with Gasteiger partial charge in [0.25, 0.3) is 0 Å². The molecule has 21 heavy (non-hydrogen) atoms. The van der Waals surface area contributed by atoms with Crippen LogP contribution in [-0.4, -0.2) is 65.2 Å². The third-order valence-electron chi connectivity index (χ3n) is 4.52. The summed E-state index contributed by atoms with van der Waals surface area (Å²) in [5, 5.41) is 3.35. The van der Waals surface area contributed by atoms with E-state index in [9.17, 15) is 9.59 Å². The molecule has 4 aliphatic rings. The molecule has 6 heteroatoms. The number of carbonyl (C=O) groups is 2. The van der Waals surface area contributed by atoms with Gasteiger partial charge in [0.2, 0.25) is 5.91 Å². The van der Waals surface area contributed by atoms with Gasteiger partial charge in [-0.3, -0.25) is 9.69 Å². The smallest absolute Gasteiger partial charge is 0.411 e. The molecule has 0 radical (unpaired) electrons. The quantitative estimate of drug-likeness (QED) is 0.782. The summed E-state index contributed by atoms with van der Waals surface area (Å²) in [7, 11) is 0. The summed E-state index contributed by atoms with van der Waals surface area (Å²) >= 11 is 0. The molecular formula is C15H25N3O3. The number of amides is 2. The molecule has 3 atom stereocenters. The lowest BCUT2D eigenvalue weighted by Crippen LogP contribution is -2.74. The second-order valence-electron chi connectivity index (χ2n) is 7.28. The first kappa shape index (κ1) is 14.6. The van der Waals surface area contributed by atoms with E-state index in [0.717, 1.165) is 32.4 Å². The Morgan fingerprint density at radius 2 is 2.10 bits per heavy atom. The zero-order valence-corrected chi connectivity index (χ0v) is 13.1. The first-order valence-electron chi connectivity index (χ1n) is 7.89. The summed E-state index contributed by atoms with van der Waals surface area (Å²) in [6, 6.07) is 0.113. The van der Waals surface area contributed by atoms with Crippen molar-refractivity contribution < 1.29 is 14.3 Å². The predicted octanol–water partition coefficient (Wildman–Crippen LogP) is 0.959. The number of carbonyl (C=O) groups excluding carboxylic acids is 2. The van der Waals surface area contributed by atoms with E-state index < -0.39 is 5.60 Å². The first-order valence-corrected chi connectivity index (χ1v) is 7.89. The van der Waals surface area contributed by atoms with Gasteiger partial charge in [-0.05, 0) is 46.6 Å². The standard InChI is InChI=1S/C15H25N3O3/c1-15(2,3)21-14(20)18-11-7-12(18)13(19)17(9-11)10-5-4-6-16-8-10/h10-12,16H,4-9H2,1-3H3.